The van der Waals surface area contributed by atoms with Crippen LogP contribution in [0, 0.1) is 41.4 Å². The number of amides is 12. The Bertz CT molecular complexity index is 2980. The van der Waals surface area contributed by atoms with E-state index >= 15 is 19.2 Å². The van der Waals surface area contributed by atoms with Gasteiger partial charge in [-0.2, -0.15) is 0 Å². The molecule has 2 rings (SSSR count). The standard InChI is InChI=1S/C75H128N12O15/c1-25-54-70(96)81(17)42-59(88)82(18)56(39-44(4)5)67(93)80-60(47(10)11)73(99)83(19)55(37-32-43(2)3)66(92)77-50(15)64(90)78-51(16)69(95)84(20)57(40-45(6)7)71(97)85(21)58(41-46(8)9)72(98)86(22)61(48(12)13)74(100)87(23)62(68(94)79-54)63(89)49(14)31-29-27-26-28-30-38-76-65(91)52-33-35-53(36-34-52)75(101)102-24/h33-36,43-51,54-58,60-63,89H,25-32,37-42H2,1-24H3,(H,76,91)(H,77,92)(H,78,90)(H,79,94)(H,80,93)/t49-,50-,51+,54+,55-,56+,57+,58+,60-,61+,62+,63-/m1/s1. The van der Waals surface area contributed by atoms with E-state index < -0.39 is 162 Å². The van der Waals surface area contributed by atoms with Gasteiger partial charge in [0.1, 0.15) is 60.4 Å². The van der Waals surface area contributed by atoms with Crippen LogP contribution in [0.3, 0.4) is 0 Å². The molecule has 0 radical (unpaired) electrons. The van der Waals surface area contributed by atoms with E-state index in [1.54, 1.807) is 53.7 Å². The molecule has 1 aromatic carbocycles. The average molecular weight is 1440 g/mol. The molecule has 102 heavy (non-hydrogen) atoms. The number of ether oxygens (including phenoxy) is 1. The SMILES string of the molecule is CC[C@@H]1NC(=O)[C@H]([C@H](O)[C@H](C)CCCCCCCNC(=O)c2ccc(C(=O)OC)cc2)N(C)C(=O)[C@H](C(C)C)N(C)C(=O)[C@H](CC(C)C)N(C)C(=O)[C@H](CC(C)C)N(C)C(=O)[C@H](C)NC(=O)[C@@H](C)NC(=O)[C@@H](CCC(C)C)N(C)C(=O)[C@@H](C(C)C)NC(=O)[C@H](CC(C)C)N(C)C(=O)CN(C)C1=O. The lowest BCUT2D eigenvalue weighted by atomic mass is 9.90. The number of aliphatic hydroxyl groups excluding tert-OH is 1. The van der Waals surface area contributed by atoms with Gasteiger partial charge < -0.3 is 70.7 Å². The normalized spacial score (nSPS) is 24.1. The summed E-state index contributed by atoms with van der Waals surface area (Å²) in [7, 11) is 11.2. The summed E-state index contributed by atoms with van der Waals surface area (Å²) >= 11 is 0. The summed E-state index contributed by atoms with van der Waals surface area (Å²) in [5.41, 5.74) is 0.715. The summed E-state index contributed by atoms with van der Waals surface area (Å²) in [6.45, 7) is 28.1. The minimum atomic E-state index is -1.66. The summed E-state index contributed by atoms with van der Waals surface area (Å²) < 4.78 is 4.74. The Morgan fingerprint density at radius 3 is 1.47 bits per heavy atom. The van der Waals surface area contributed by atoms with Gasteiger partial charge in [0.25, 0.3) is 5.91 Å². The number of nitrogens with one attached hydrogen (secondary N) is 5. The minimum Gasteiger partial charge on any atom is -0.465 e. The number of esters is 1. The second-order valence-electron chi connectivity index (χ2n) is 30.5. The molecule has 1 aromatic rings. The molecule has 6 N–H and O–H groups in total. The quantitative estimate of drug-likeness (QED) is 0.0569. The smallest absolute Gasteiger partial charge is 0.337 e. The molecule has 0 spiro atoms. The molecule has 1 aliphatic rings. The summed E-state index contributed by atoms with van der Waals surface area (Å²) in [5, 5.41) is 26.5. The number of carbonyl (C=O) groups excluding carboxylic acids is 13. The van der Waals surface area contributed by atoms with Gasteiger partial charge in [-0.15, -0.1) is 0 Å². The van der Waals surface area contributed by atoms with Crippen LogP contribution < -0.4 is 26.6 Å². The highest BCUT2D eigenvalue weighted by atomic mass is 16.5. The first-order valence-electron chi connectivity index (χ1n) is 36.7. The monoisotopic (exact) mass is 1440 g/mol. The molecule has 12 amide bonds. The van der Waals surface area contributed by atoms with Crippen LogP contribution in [-0.2, 0) is 57.5 Å². The summed E-state index contributed by atoms with van der Waals surface area (Å²) in [5.74, 6) is -10.6. The number of carbonyl (C=O) groups is 13. The average Bonchev–Trinajstić information content (AvgIpc) is 0.800. The molecule has 0 saturated carbocycles. The van der Waals surface area contributed by atoms with Gasteiger partial charge in [0.15, 0.2) is 0 Å². The second kappa shape index (κ2) is 42.8. The van der Waals surface area contributed by atoms with Crippen molar-refractivity contribution in [1.82, 2.24) is 60.9 Å². The Morgan fingerprint density at radius 2 is 0.961 bits per heavy atom. The van der Waals surface area contributed by atoms with Gasteiger partial charge in [0.05, 0.1) is 25.3 Å². The van der Waals surface area contributed by atoms with E-state index in [9.17, 15) is 48.3 Å². The molecule has 27 heteroatoms. The highest BCUT2D eigenvalue weighted by Gasteiger charge is 2.46. The molecule has 1 fully saturated rings. The molecular formula is C75H128N12O15. The predicted octanol–water partition coefficient (Wildman–Crippen LogP) is 5.25. The molecule has 1 heterocycles. The van der Waals surface area contributed by atoms with Crippen molar-refractivity contribution in [3.63, 3.8) is 0 Å². The van der Waals surface area contributed by atoms with Crippen molar-refractivity contribution in [3.8, 4) is 0 Å². The predicted molar refractivity (Wildman–Crippen MR) is 391 cm³/mol. The third-order valence-corrected chi connectivity index (χ3v) is 19.3. The lowest BCUT2D eigenvalue weighted by molar-refractivity contribution is -0.157. The van der Waals surface area contributed by atoms with Crippen molar-refractivity contribution >= 4 is 76.9 Å². The highest BCUT2D eigenvalue weighted by molar-refractivity contribution is 6.00. The Labute approximate surface area is 608 Å². The van der Waals surface area contributed by atoms with Crippen LogP contribution in [0.1, 0.15) is 209 Å². The van der Waals surface area contributed by atoms with Crippen molar-refractivity contribution in [2.45, 2.75) is 254 Å². The number of hydrogen-bond donors (Lipinski definition) is 6. The molecule has 27 nitrogen and oxygen atoms in total. The maximum atomic E-state index is 15.5. The number of aliphatic hydroxyl groups is 1. The van der Waals surface area contributed by atoms with E-state index in [-0.39, 0.29) is 61.7 Å². The summed E-state index contributed by atoms with van der Waals surface area (Å²) in [6.07, 6.45) is 3.42. The Hall–Kier alpha value is -7.71. The number of nitrogens with zero attached hydrogens (tertiary/aromatic N) is 7. The van der Waals surface area contributed by atoms with Crippen molar-refractivity contribution in [1.29, 1.82) is 0 Å². The van der Waals surface area contributed by atoms with Gasteiger partial charge in [-0.3, -0.25) is 57.5 Å². The van der Waals surface area contributed by atoms with E-state index in [2.05, 4.69) is 26.6 Å². The van der Waals surface area contributed by atoms with Crippen LogP contribution in [-0.4, -0.2) is 252 Å². The van der Waals surface area contributed by atoms with Crippen molar-refractivity contribution < 1.29 is 72.2 Å². The zero-order chi connectivity index (χ0) is 78.1. The molecule has 578 valence electrons. The number of rotatable bonds is 24. The van der Waals surface area contributed by atoms with Crippen molar-refractivity contribution in [3.05, 3.63) is 35.4 Å². The zero-order valence-corrected chi connectivity index (χ0v) is 65.9. The van der Waals surface area contributed by atoms with Gasteiger partial charge in [-0.05, 0) is 131 Å². The Balaban J connectivity index is 2.84. The first-order chi connectivity index (χ1) is 47.5. The summed E-state index contributed by atoms with van der Waals surface area (Å²) in [6, 6.07) is -6.50. The van der Waals surface area contributed by atoms with E-state index in [0.717, 1.165) is 29.1 Å². The van der Waals surface area contributed by atoms with Crippen molar-refractivity contribution in [2.75, 3.05) is 69.5 Å². The van der Waals surface area contributed by atoms with E-state index in [1.165, 1.54) is 107 Å². The first-order valence-corrected chi connectivity index (χ1v) is 36.7. The van der Waals surface area contributed by atoms with E-state index in [1.807, 2.05) is 55.4 Å². The summed E-state index contributed by atoms with van der Waals surface area (Å²) in [4.78, 5) is 196. The molecule has 0 aromatic heterocycles. The Kier molecular flexibility index (Phi) is 37.9. The van der Waals surface area contributed by atoms with Gasteiger partial charge in [0, 0.05) is 61.4 Å². The number of hydrogen-bond acceptors (Lipinski definition) is 15. The highest BCUT2D eigenvalue weighted by Crippen LogP contribution is 2.27. The van der Waals surface area contributed by atoms with Gasteiger partial charge in [0.2, 0.25) is 65.0 Å². The molecular weight excluding hydrogens is 1310 g/mol. The molecule has 12 atom stereocenters. The zero-order valence-electron chi connectivity index (χ0n) is 65.9. The van der Waals surface area contributed by atoms with Crippen LogP contribution in [0.15, 0.2) is 24.3 Å². The van der Waals surface area contributed by atoms with Crippen LogP contribution in [0.4, 0.5) is 0 Å². The number of unbranched alkanes of at least 4 members (excludes halogenated alkanes) is 4. The van der Waals surface area contributed by atoms with E-state index in [4.69, 9.17) is 4.74 Å². The fourth-order valence-electron chi connectivity index (χ4n) is 12.8. The molecule has 0 aliphatic carbocycles. The molecule has 0 bridgehead atoms. The molecule has 0 unspecified atom stereocenters. The number of likely N-dealkylation sites (N-methyl/N-ethyl adjacent to an activating group) is 7. The topological polar surface area (TPSA) is 334 Å². The molecule has 1 saturated heterocycles. The van der Waals surface area contributed by atoms with Crippen LogP contribution >= 0.6 is 0 Å². The number of methoxy groups -OCH3 is 1. The lowest BCUT2D eigenvalue weighted by Gasteiger charge is -2.41. The third kappa shape index (κ3) is 26.5. The molecule has 1 aliphatic heterocycles. The maximum Gasteiger partial charge on any atom is 0.337 e. The maximum absolute atomic E-state index is 15.5. The lowest BCUT2D eigenvalue weighted by Crippen LogP contribution is -2.63. The van der Waals surface area contributed by atoms with Gasteiger partial charge in [-0.25, -0.2) is 4.79 Å². The second-order valence-corrected chi connectivity index (χ2v) is 30.5. The fraction of sp³-hybridized carbons (Fsp3) is 0.747. The van der Waals surface area contributed by atoms with Gasteiger partial charge in [-0.1, -0.05) is 123 Å². The van der Waals surface area contributed by atoms with Gasteiger partial charge >= 0.3 is 5.97 Å². The van der Waals surface area contributed by atoms with Crippen LogP contribution in [0.25, 0.3) is 0 Å². The van der Waals surface area contributed by atoms with Crippen LogP contribution in [0.5, 0.6) is 0 Å². The fourth-order valence-corrected chi connectivity index (χ4v) is 12.8. The minimum absolute atomic E-state index is 0.00932. The largest absolute Gasteiger partial charge is 0.465 e. The first kappa shape index (κ1) is 90.4. The number of benzene rings is 1. The van der Waals surface area contributed by atoms with Crippen LogP contribution in [0.2, 0.25) is 0 Å². The van der Waals surface area contributed by atoms with E-state index in [0.29, 0.717) is 43.4 Å². The van der Waals surface area contributed by atoms with Crippen molar-refractivity contribution in [2.24, 2.45) is 41.4 Å². The third-order valence-electron chi connectivity index (χ3n) is 19.3. The Morgan fingerprint density at radius 1 is 0.490 bits per heavy atom.